The molecule has 1 aromatic heterocycles. The number of aryl methyl sites for hydroxylation is 1. The fraction of sp³-hybridized carbons (Fsp3) is 0.211. The number of amides is 1. The molecule has 0 bridgehead atoms. The average Bonchev–Trinajstić information content (AvgIpc) is 3.07. The molecule has 27 heavy (non-hydrogen) atoms. The Bertz CT molecular complexity index is 914. The van der Waals surface area contributed by atoms with E-state index in [1.165, 1.54) is 40.8 Å². The van der Waals surface area contributed by atoms with Crippen molar-refractivity contribution in [1.29, 1.82) is 0 Å². The first-order valence-corrected chi connectivity index (χ1v) is 10.1. The molecule has 0 aliphatic heterocycles. The highest BCUT2D eigenvalue weighted by Crippen LogP contribution is 2.30. The number of carbonyl (C=O) groups excluding carboxylic acids is 1. The first-order valence-electron chi connectivity index (χ1n) is 8.35. The number of carbonyl (C=O) groups is 1. The second kappa shape index (κ2) is 8.96. The lowest BCUT2D eigenvalue weighted by Crippen LogP contribution is -2.30. The van der Waals surface area contributed by atoms with Gasteiger partial charge in [0.2, 0.25) is 11.0 Å². The molecule has 0 fully saturated rings. The molecular weight excluding hydrogens is 383 g/mol. The van der Waals surface area contributed by atoms with E-state index >= 15 is 0 Å². The summed E-state index contributed by atoms with van der Waals surface area (Å²) in [5.41, 5.74) is 2.85. The van der Waals surface area contributed by atoms with E-state index in [1.807, 2.05) is 38.1 Å². The third kappa shape index (κ3) is 5.77. The van der Waals surface area contributed by atoms with E-state index in [0.29, 0.717) is 21.7 Å². The zero-order chi connectivity index (χ0) is 19.2. The lowest BCUT2D eigenvalue weighted by Gasteiger charge is -2.10. The molecule has 2 N–H and O–H groups in total. The average molecular weight is 403 g/mol. The van der Waals surface area contributed by atoms with E-state index in [0.717, 1.165) is 5.56 Å². The van der Waals surface area contributed by atoms with Crippen molar-refractivity contribution in [2.24, 2.45) is 0 Å². The summed E-state index contributed by atoms with van der Waals surface area (Å²) in [5.74, 6) is -0.381. The van der Waals surface area contributed by atoms with Gasteiger partial charge in [-0.15, -0.1) is 10.2 Å². The van der Waals surface area contributed by atoms with Gasteiger partial charge in [-0.05, 0) is 37.6 Å². The molecule has 0 saturated carbocycles. The molecule has 5 nitrogen and oxygen atoms in total. The largest absolute Gasteiger partial charge is 0.351 e. The predicted molar refractivity (Wildman–Crippen MR) is 108 cm³/mol. The van der Waals surface area contributed by atoms with Crippen molar-refractivity contribution in [2.45, 2.75) is 30.0 Å². The van der Waals surface area contributed by atoms with Crippen molar-refractivity contribution < 1.29 is 9.18 Å². The molecule has 1 atom stereocenters. The Morgan fingerprint density at radius 2 is 2.00 bits per heavy atom. The molecule has 8 heteroatoms. The van der Waals surface area contributed by atoms with Crippen LogP contribution in [0, 0.1) is 12.7 Å². The molecule has 0 radical (unpaired) electrons. The van der Waals surface area contributed by atoms with Crippen LogP contribution < -0.4 is 10.6 Å². The molecule has 140 valence electrons. The number of aromatic nitrogens is 2. The van der Waals surface area contributed by atoms with E-state index in [1.54, 1.807) is 12.1 Å². The van der Waals surface area contributed by atoms with Crippen LogP contribution in [-0.4, -0.2) is 21.4 Å². The maximum absolute atomic E-state index is 13.2. The number of rotatable bonds is 7. The maximum atomic E-state index is 13.2. The predicted octanol–water partition coefficient (Wildman–Crippen LogP) is 4.53. The fourth-order valence-electron chi connectivity index (χ4n) is 2.24. The Hall–Kier alpha value is -2.45. The number of hydrogen-bond donors (Lipinski definition) is 2. The summed E-state index contributed by atoms with van der Waals surface area (Å²) in [6, 6.07) is 14.2. The smallest absolute Gasteiger partial charge is 0.233 e. The zero-order valence-electron chi connectivity index (χ0n) is 14.9. The Balaban J connectivity index is 1.51. The minimum absolute atomic E-state index is 0.0598. The number of hydrogen-bond acceptors (Lipinski definition) is 6. The van der Waals surface area contributed by atoms with E-state index < -0.39 is 0 Å². The van der Waals surface area contributed by atoms with Crippen molar-refractivity contribution >= 4 is 39.8 Å². The summed E-state index contributed by atoms with van der Waals surface area (Å²) < 4.78 is 13.9. The number of nitrogens with zero attached hydrogens (tertiary/aromatic N) is 2. The third-order valence-corrected chi connectivity index (χ3v) is 5.74. The van der Waals surface area contributed by atoms with Crippen molar-refractivity contribution in [2.75, 3.05) is 5.32 Å². The van der Waals surface area contributed by atoms with Crippen LogP contribution >= 0.6 is 23.1 Å². The second-order valence-electron chi connectivity index (χ2n) is 5.97. The van der Waals surface area contributed by atoms with Gasteiger partial charge in [-0.3, -0.25) is 4.79 Å². The summed E-state index contributed by atoms with van der Waals surface area (Å²) in [5, 5.41) is 14.3. The zero-order valence-corrected chi connectivity index (χ0v) is 16.5. The molecule has 0 aliphatic carbocycles. The van der Waals surface area contributed by atoms with Crippen molar-refractivity contribution in [3.8, 4) is 0 Å². The number of halogens is 1. The molecule has 1 heterocycles. The van der Waals surface area contributed by atoms with Gasteiger partial charge in [0, 0.05) is 12.2 Å². The summed E-state index contributed by atoms with van der Waals surface area (Å²) in [6.07, 6.45) is 0. The van der Waals surface area contributed by atoms with Crippen LogP contribution in [0.15, 0.2) is 52.9 Å². The van der Waals surface area contributed by atoms with Gasteiger partial charge in [0.1, 0.15) is 5.82 Å². The Labute approximate surface area is 165 Å². The Kier molecular flexibility index (Phi) is 6.41. The van der Waals surface area contributed by atoms with Crippen LogP contribution in [0.3, 0.4) is 0 Å². The molecule has 3 rings (SSSR count). The van der Waals surface area contributed by atoms with Gasteiger partial charge in [0.15, 0.2) is 4.34 Å². The van der Waals surface area contributed by atoms with Gasteiger partial charge in [0.25, 0.3) is 0 Å². The van der Waals surface area contributed by atoms with E-state index in [2.05, 4.69) is 20.8 Å². The second-order valence-corrected chi connectivity index (χ2v) is 8.54. The van der Waals surface area contributed by atoms with Gasteiger partial charge in [0.05, 0.1) is 5.25 Å². The molecule has 0 unspecified atom stereocenters. The maximum Gasteiger partial charge on any atom is 0.233 e. The van der Waals surface area contributed by atoms with Crippen molar-refractivity contribution in [3.05, 3.63) is 65.5 Å². The molecule has 0 spiro atoms. The van der Waals surface area contributed by atoms with Crippen molar-refractivity contribution in [1.82, 2.24) is 15.5 Å². The van der Waals surface area contributed by atoms with Crippen LogP contribution in [0.25, 0.3) is 0 Å². The molecule has 2 aromatic carbocycles. The highest BCUT2D eigenvalue weighted by atomic mass is 32.2. The standard InChI is InChI=1S/C19H19FN4OS2/c1-12-6-8-14(9-7-12)11-21-17(25)13(2)26-19-24-23-18(27-19)22-16-5-3-4-15(20)10-16/h3-10,13H,11H2,1-2H3,(H,21,25)(H,22,23)/t13-/m1/s1. The lowest BCUT2D eigenvalue weighted by atomic mass is 10.1. The van der Waals surface area contributed by atoms with Crippen molar-refractivity contribution in [3.63, 3.8) is 0 Å². The summed E-state index contributed by atoms with van der Waals surface area (Å²) >= 11 is 2.67. The SMILES string of the molecule is Cc1ccc(CNC(=O)[C@@H](C)Sc2nnc(Nc3cccc(F)c3)s2)cc1. The van der Waals surface area contributed by atoms with Crippen LogP contribution in [-0.2, 0) is 11.3 Å². The van der Waals surface area contributed by atoms with Gasteiger partial charge in [-0.25, -0.2) is 4.39 Å². The molecule has 0 saturated heterocycles. The van der Waals surface area contributed by atoms with E-state index in [-0.39, 0.29) is 17.0 Å². The molecule has 1 amide bonds. The highest BCUT2D eigenvalue weighted by Gasteiger charge is 2.17. The fourth-order valence-corrected chi connectivity index (χ4v) is 4.18. The summed E-state index contributed by atoms with van der Waals surface area (Å²) in [7, 11) is 0. The normalized spacial score (nSPS) is 11.8. The number of nitrogens with one attached hydrogen (secondary N) is 2. The van der Waals surface area contributed by atoms with Gasteiger partial charge < -0.3 is 10.6 Å². The van der Waals surface area contributed by atoms with Crippen LogP contribution in [0.5, 0.6) is 0 Å². The first-order chi connectivity index (χ1) is 13.0. The molecular formula is C19H19FN4OS2. The molecule has 3 aromatic rings. The van der Waals surface area contributed by atoms with Gasteiger partial charge in [-0.2, -0.15) is 0 Å². The summed E-state index contributed by atoms with van der Waals surface area (Å²) in [6.45, 7) is 4.35. The molecule has 0 aliphatic rings. The first kappa shape index (κ1) is 19.3. The quantitative estimate of drug-likeness (QED) is 0.569. The van der Waals surface area contributed by atoms with E-state index in [4.69, 9.17) is 0 Å². The third-order valence-electron chi connectivity index (χ3n) is 3.72. The van der Waals surface area contributed by atoms with Crippen LogP contribution in [0.4, 0.5) is 15.2 Å². The highest BCUT2D eigenvalue weighted by molar-refractivity contribution is 8.02. The minimum Gasteiger partial charge on any atom is -0.351 e. The Morgan fingerprint density at radius 1 is 1.22 bits per heavy atom. The van der Waals surface area contributed by atoms with Crippen LogP contribution in [0.1, 0.15) is 18.1 Å². The van der Waals surface area contributed by atoms with Gasteiger partial charge in [-0.1, -0.05) is 59.0 Å². The van der Waals surface area contributed by atoms with Crippen LogP contribution in [0.2, 0.25) is 0 Å². The van der Waals surface area contributed by atoms with Gasteiger partial charge >= 0.3 is 0 Å². The lowest BCUT2D eigenvalue weighted by molar-refractivity contribution is -0.120. The van der Waals surface area contributed by atoms with E-state index in [9.17, 15) is 9.18 Å². The number of anilines is 2. The number of benzene rings is 2. The topological polar surface area (TPSA) is 66.9 Å². The summed E-state index contributed by atoms with van der Waals surface area (Å²) in [4.78, 5) is 12.3. The Morgan fingerprint density at radius 3 is 2.74 bits per heavy atom. The minimum atomic E-state index is -0.321. The monoisotopic (exact) mass is 402 g/mol. The number of thioether (sulfide) groups is 1.